The fourth-order valence-corrected chi connectivity index (χ4v) is 2.69. The van der Waals surface area contributed by atoms with E-state index in [2.05, 4.69) is 6.92 Å². The highest BCUT2D eigenvalue weighted by Gasteiger charge is 2.35. The Labute approximate surface area is 146 Å². The molecular formula is C20H34O4. The molecule has 0 aromatic rings. The van der Waals surface area contributed by atoms with Crippen LogP contribution in [0.15, 0.2) is 12.2 Å². The van der Waals surface area contributed by atoms with Gasteiger partial charge in [0, 0.05) is 6.42 Å². The molecule has 2 unspecified atom stereocenters. The van der Waals surface area contributed by atoms with Crippen LogP contribution in [0.4, 0.5) is 0 Å². The number of aliphatic carboxylic acids is 1. The van der Waals surface area contributed by atoms with Crippen molar-refractivity contribution in [2.45, 2.75) is 97.2 Å². The van der Waals surface area contributed by atoms with Gasteiger partial charge in [0.2, 0.25) is 0 Å². The molecule has 0 spiro atoms. The number of unbranched alkanes of at least 4 members (excludes halogenated alkanes) is 6. The van der Waals surface area contributed by atoms with Gasteiger partial charge in [0.15, 0.2) is 5.78 Å². The van der Waals surface area contributed by atoms with Crippen LogP contribution in [0.2, 0.25) is 0 Å². The van der Waals surface area contributed by atoms with Gasteiger partial charge in [-0.1, -0.05) is 51.9 Å². The van der Waals surface area contributed by atoms with Gasteiger partial charge in [-0.15, -0.1) is 0 Å². The third-order valence-electron chi connectivity index (χ3n) is 4.76. The Bertz CT molecular complexity index is 425. The molecular weight excluding hydrogens is 304 g/mol. The van der Waals surface area contributed by atoms with Crippen molar-refractivity contribution in [1.29, 1.82) is 0 Å². The van der Waals surface area contributed by atoms with E-state index in [0.29, 0.717) is 6.42 Å². The van der Waals surface area contributed by atoms with Crippen LogP contribution in [-0.2, 0) is 14.3 Å². The summed E-state index contributed by atoms with van der Waals surface area (Å²) in [6.07, 6.45) is 14.6. The highest BCUT2D eigenvalue weighted by molar-refractivity contribution is 5.90. The van der Waals surface area contributed by atoms with Crippen molar-refractivity contribution in [3.8, 4) is 0 Å². The van der Waals surface area contributed by atoms with Crippen LogP contribution in [0.25, 0.3) is 0 Å². The van der Waals surface area contributed by atoms with Crippen LogP contribution in [0.5, 0.6) is 0 Å². The lowest BCUT2D eigenvalue weighted by Crippen LogP contribution is -2.24. The summed E-state index contributed by atoms with van der Waals surface area (Å²) in [6.45, 7) is 5.53. The lowest BCUT2D eigenvalue weighted by molar-refractivity contribution is -0.147. The summed E-state index contributed by atoms with van der Waals surface area (Å²) in [6, 6.07) is 0. The standard InChI is InChI=1S/C20H34O4/c1-4-5-6-7-8-9-10-11-17-18(24-17)13-12-16(21)14-15-20(2,3)19(22)23/h12-13,17-18H,4-11,14-15H2,1-3H3,(H,22,23)/b13-12+. The van der Waals surface area contributed by atoms with Crippen molar-refractivity contribution in [2.75, 3.05) is 0 Å². The second-order valence-corrected chi connectivity index (χ2v) is 7.56. The second-order valence-electron chi connectivity index (χ2n) is 7.56. The molecule has 0 saturated carbocycles. The summed E-state index contributed by atoms with van der Waals surface area (Å²) in [5.41, 5.74) is -0.848. The van der Waals surface area contributed by atoms with E-state index in [1.807, 2.05) is 6.08 Å². The van der Waals surface area contributed by atoms with Gasteiger partial charge >= 0.3 is 5.97 Å². The van der Waals surface area contributed by atoms with E-state index in [9.17, 15) is 9.59 Å². The fraction of sp³-hybridized carbons (Fsp3) is 0.800. The topological polar surface area (TPSA) is 66.9 Å². The third kappa shape index (κ3) is 8.62. The number of rotatable bonds is 14. The monoisotopic (exact) mass is 338 g/mol. The predicted molar refractivity (Wildman–Crippen MR) is 96.1 cm³/mol. The van der Waals surface area contributed by atoms with Crippen molar-refractivity contribution in [3.63, 3.8) is 0 Å². The van der Waals surface area contributed by atoms with Crippen LogP contribution < -0.4 is 0 Å². The molecule has 0 aromatic carbocycles. The Hall–Kier alpha value is -1.16. The third-order valence-corrected chi connectivity index (χ3v) is 4.76. The number of carboxylic acids is 1. The molecule has 1 rings (SSSR count). The number of carbonyl (C=O) groups excluding carboxylic acids is 1. The van der Waals surface area contributed by atoms with E-state index in [1.165, 1.54) is 44.9 Å². The minimum Gasteiger partial charge on any atom is -0.481 e. The highest BCUT2D eigenvalue weighted by Crippen LogP contribution is 2.29. The first-order valence-corrected chi connectivity index (χ1v) is 9.46. The smallest absolute Gasteiger partial charge is 0.309 e. The van der Waals surface area contributed by atoms with Crippen LogP contribution >= 0.6 is 0 Å². The Balaban J connectivity index is 2.07. The molecule has 4 heteroatoms. The number of carbonyl (C=O) groups is 2. The van der Waals surface area contributed by atoms with Gasteiger partial charge in [0.25, 0.3) is 0 Å². The fourth-order valence-electron chi connectivity index (χ4n) is 2.69. The maximum Gasteiger partial charge on any atom is 0.309 e. The van der Waals surface area contributed by atoms with Crippen molar-refractivity contribution in [1.82, 2.24) is 0 Å². The zero-order valence-corrected chi connectivity index (χ0v) is 15.6. The van der Waals surface area contributed by atoms with Crippen molar-refractivity contribution in [2.24, 2.45) is 5.41 Å². The molecule has 1 heterocycles. The van der Waals surface area contributed by atoms with Gasteiger partial charge in [-0.05, 0) is 38.8 Å². The first-order chi connectivity index (χ1) is 11.4. The molecule has 0 radical (unpaired) electrons. The van der Waals surface area contributed by atoms with Gasteiger partial charge in [0.1, 0.15) is 6.10 Å². The lowest BCUT2D eigenvalue weighted by atomic mass is 9.87. The number of ether oxygens (including phenoxy) is 1. The number of carboxylic acid groups (broad SMARTS) is 1. The Morgan fingerprint density at radius 3 is 2.33 bits per heavy atom. The van der Waals surface area contributed by atoms with Gasteiger partial charge in [-0.2, -0.15) is 0 Å². The summed E-state index contributed by atoms with van der Waals surface area (Å²) in [5, 5.41) is 9.03. The molecule has 1 saturated heterocycles. The first-order valence-electron chi connectivity index (χ1n) is 9.46. The molecule has 0 amide bonds. The number of epoxide rings is 1. The second kappa shape index (κ2) is 10.7. The average Bonchev–Trinajstić information content (AvgIpc) is 3.28. The molecule has 1 aliphatic rings. The summed E-state index contributed by atoms with van der Waals surface area (Å²) < 4.78 is 5.56. The van der Waals surface area contributed by atoms with Crippen LogP contribution in [0, 0.1) is 5.41 Å². The summed E-state index contributed by atoms with van der Waals surface area (Å²) in [4.78, 5) is 22.8. The number of allylic oxidation sites excluding steroid dienone is 1. The molecule has 1 fully saturated rings. The summed E-state index contributed by atoms with van der Waals surface area (Å²) >= 11 is 0. The predicted octanol–water partition coefficient (Wildman–Crippen LogP) is 4.91. The Kier molecular flexibility index (Phi) is 9.27. The SMILES string of the molecule is CCCCCCCCCC1OC1/C=C/C(=O)CCC(C)(C)C(=O)O. The highest BCUT2D eigenvalue weighted by atomic mass is 16.6. The molecule has 138 valence electrons. The lowest BCUT2D eigenvalue weighted by Gasteiger charge is -2.17. The van der Waals surface area contributed by atoms with Gasteiger partial charge in [-0.3, -0.25) is 9.59 Å². The van der Waals surface area contributed by atoms with E-state index in [0.717, 1.165) is 6.42 Å². The molecule has 2 atom stereocenters. The molecule has 0 aromatic heterocycles. The van der Waals surface area contributed by atoms with E-state index in [1.54, 1.807) is 19.9 Å². The average molecular weight is 338 g/mol. The Morgan fingerprint density at radius 1 is 1.08 bits per heavy atom. The van der Waals surface area contributed by atoms with Gasteiger partial charge in [-0.25, -0.2) is 0 Å². The Morgan fingerprint density at radius 2 is 1.71 bits per heavy atom. The van der Waals surface area contributed by atoms with Gasteiger partial charge in [0.05, 0.1) is 11.5 Å². The number of hydrogen-bond acceptors (Lipinski definition) is 3. The number of hydrogen-bond donors (Lipinski definition) is 1. The van der Waals surface area contributed by atoms with E-state index in [4.69, 9.17) is 9.84 Å². The van der Waals surface area contributed by atoms with Crippen LogP contribution in [0.1, 0.15) is 85.0 Å². The minimum atomic E-state index is -0.862. The van der Waals surface area contributed by atoms with Crippen molar-refractivity contribution in [3.05, 3.63) is 12.2 Å². The molecule has 24 heavy (non-hydrogen) atoms. The molecule has 0 bridgehead atoms. The maximum atomic E-state index is 11.8. The number of ketones is 1. The van der Waals surface area contributed by atoms with Crippen molar-refractivity contribution < 1.29 is 19.4 Å². The molecule has 1 N–H and O–H groups in total. The molecule has 0 aliphatic carbocycles. The molecule has 4 nitrogen and oxygen atoms in total. The van der Waals surface area contributed by atoms with Crippen molar-refractivity contribution >= 4 is 11.8 Å². The minimum absolute atomic E-state index is 0.0190. The normalized spacial score (nSPS) is 20.5. The quantitative estimate of drug-likeness (QED) is 0.277. The first kappa shape index (κ1) is 20.9. The maximum absolute atomic E-state index is 11.8. The summed E-state index contributed by atoms with van der Waals surface area (Å²) in [5.74, 6) is -0.880. The zero-order chi connectivity index (χ0) is 18.0. The van der Waals surface area contributed by atoms with Crippen LogP contribution in [0.3, 0.4) is 0 Å². The van der Waals surface area contributed by atoms with E-state index >= 15 is 0 Å². The molecule has 1 aliphatic heterocycles. The largest absolute Gasteiger partial charge is 0.481 e. The zero-order valence-electron chi connectivity index (χ0n) is 15.6. The summed E-state index contributed by atoms with van der Waals surface area (Å²) in [7, 11) is 0. The van der Waals surface area contributed by atoms with Crippen LogP contribution in [-0.4, -0.2) is 29.1 Å². The van der Waals surface area contributed by atoms with E-state index in [-0.39, 0.29) is 24.4 Å². The van der Waals surface area contributed by atoms with E-state index < -0.39 is 11.4 Å². The van der Waals surface area contributed by atoms with Gasteiger partial charge < -0.3 is 9.84 Å².